The lowest BCUT2D eigenvalue weighted by Crippen LogP contribution is -2.15. The molecule has 1 aromatic heterocycles. The van der Waals surface area contributed by atoms with E-state index in [0.717, 1.165) is 0 Å². The van der Waals surface area contributed by atoms with Crippen molar-refractivity contribution in [3.63, 3.8) is 0 Å². The average Bonchev–Trinajstić information content (AvgIpc) is 2.92. The molecule has 0 spiro atoms. The topological polar surface area (TPSA) is 64.0 Å². The zero-order valence-corrected chi connectivity index (χ0v) is 14.9. The van der Waals surface area contributed by atoms with Crippen molar-refractivity contribution in [2.75, 3.05) is 4.72 Å². The largest absolute Gasteiger partial charge is 0.288 e. The Morgan fingerprint density at radius 1 is 0.962 bits per heavy atom. The highest BCUT2D eigenvalue weighted by Gasteiger charge is 2.24. The number of nitrogens with one attached hydrogen (secondary N) is 1. The van der Waals surface area contributed by atoms with E-state index in [0.29, 0.717) is 17.8 Å². The first-order valence-electron chi connectivity index (χ1n) is 6.86. The van der Waals surface area contributed by atoms with Crippen molar-refractivity contribution in [3.05, 3.63) is 70.5 Å². The van der Waals surface area contributed by atoms with Gasteiger partial charge in [-0.1, -0.05) is 23.2 Å². The number of hydrogen-bond acceptors (Lipinski definition) is 3. The Morgan fingerprint density at radius 3 is 2.19 bits per heavy atom. The van der Waals surface area contributed by atoms with Crippen LogP contribution in [0.4, 0.5) is 18.9 Å². The molecule has 3 aromatic rings. The summed E-state index contributed by atoms with van der Waals surface area (Å²) in [6, 6.07) is 6.91. The van der Waals surface area contributed by atoms with Crippen LogP contribution < -0.4 is 4.72 Å². The first-order chi connectivity index (χ1) is 12.2. The molecule has 5 nitrogen and oxygen atoms in total. The molecule has 11 heteroatoms. The fraction of sp³-hybridized carbons (Fsp3) is 0. The molecule has 0 aliphatic carbocycles. The van der Waals surface area contributed by atoms with Gasteiger partial charge in [0.05, 0.1) is 0 Å². The van der Waals surface area contributed by atoms with Crippen LogP contribution in [0.1, 0.15) is 0 Å². The quantitative estimate of drug-likeness (QED) is 0.635. The minimum Gasteiger partial charge on any atom is -0.288 e. The third-order valence-electron chi connectivity index (χ3n) is 3.36. The summed E-state index contributed by atoms with van der Waals surface area (Å²) in [7, 11) is -4.46. The molecule has 0 radical (unpaired) electrons. The summed E-state index contributed by atoms with van der Waals surface area (Å²) in [5, 5.41) is 0.272. The number of nitrogens with zero attached hydrogens (tertiary/aromatic N) is 2. The maximum Gasteiger partial charge on any atom is 0.264 e. The highest BCUT2D eigenvalue weighted by atomic mass is 35.5. The molecule has 2 aromatic carbocycles. The molecule has 0 fully saturated rings. The van der Waals surface area contributed by atoms with Gasteiger partial charge in [0.15, 0.2) is 27.8 Å². The molecule has 0 saturated heterocycles. The Labute approximate surface area is 156 Å². The molecule has 0 bridgehead atoms. The maximum absolute atomic E-state index is 13.7. The van der Waals surface area contributed by atoms with Gasteiger partial charge in [-0.25, -0.2) is 26.6 Å². The lowest BCUT2D eigenvalue weighted by molar-refractivity contribution is 0.432. The van der Waals surface area contributed by atoms with Crippen molar-refractivity contribution in [1.29, 1.82) is 0 Å². The average molecular weight is 422 g/mol. The Hall–Kier alpha value is -2.23. The molecule has 26 heavy (non-hydrogen) atoms. The monoisotopic (exact) mass is 421 g/mol. The predicted molar refractivity (Wildman–Crippen MR) is 90.7 cm³/mol. The Balaban J connectivity index is 1.89. The van der Waals surface area contributed by atoms with Gasteiger partial charge in [-0.3, -0.25) is 9.29 Å². The van der Waals surface area contributed by atoms with Crippen LogP contribution in [0.15, 0.2) is 47.6 Å². The Kier molecular flexibility index (Phi) is 4.87. The zero-order chi connectivity index (χ0) is 19.1. The van der Waals surface area contributed by atoms with Crippen molar-refractivity contribution in [1.82, 2.24) is 9.55 Å². The van der Waals surface area contributed by atoms with Gasteiger partial charge in [0, 0.05) is 11.4 Å². The second kappa shape index (κ2) is 6.82. The summed E-state index contributed by atoms with van der Waals surface area (Å²) >= 11 is 11.7. The van der Waals surface area contributed by atoms with E-state index >= 15 is 0 Å². The number of aromatic nitrogens is 2. The third kappa shape index (κ3) is 3.37. The van der Waals surface area contributed by atoms with Crippen molar-refractivity contribution < 1.29 is 21.6 Å². The van der Waals surface area contributed by atoms with E-state index in [4.69, 9.17) is 23.2 Å². The van der Waals surface area contributed by atoms with Gasteiger partial charge in [-0.2, -0.15) is 0 Å². The highest BCUT2D eigenvalue weighted by molar-refractivity contribution is 7.92. The maximum atomic E-state index is 13.7. The number of sulfonamides is 1. The smallest absolute Gasteiger partial charge is 0.264 e. The van der Waals surface area contributed by atoms with Gasteiger partial charge < -0.3 is 0 Å². The third-order valence-corrected chi connectivity index (χ3v) is 5.49. The molecular weight excluding hydrogens is 414 g/mol. The van der Waals surface area contributed by atoms with Crippen LogP contribution in [0.2, 0.25) is 10.3 Å². The van der Waals surface area contributed by atoms with Crippen LogP contribution in [0.5, 0.6) is 0 Å². The number of benzene rings is 2. The summed E-state index contributed by atoms with van der Waals surface area (Å²) in [5.41, 5.74) is 0.608. The molecule has 3 rings (SSSR count). The minimum atomic E-state index is -4.46. The zero-order valence-electron chi connectivity index (χ0n) is 12.6. The molecule has 136 valence electrons. The van der Waals surface area contributed by atoms with E-state index in [2.05, 4.69) is 9.71 Å². The van der Waals surface area contributed by atoms with Gasteiger partial charge in [-0.15, -0.1) is 0 Å². The van der Waals surface area contributed by atoms with Gasteiger partial charge in [0.25, 0.3) is 10.0 Å². The van der Waals surface area contributed by atoms with E-state index in [-0.39, 0.29) is 16.0 Å². The highest BCUT2D eigenvalue weighted by Crippen LogP contribution is 2.26. The standard InChI is InChI=1S/C15H8Cl2F3N3O2S/c16-14-15(17)23(7-21-14)9-3-1-8(2-4-9)22-26(24,25)11-6-5-10(18)12(19)13(11)20/h1-7,22H. The number of anilines is 1. The molecule has 0 saturated carbocycles. The van der Waals surface area contributed by atoms with Crippen LogP contribution >= 0.6 is 23.2 Å². The predicted octanol–water partition coefficient (Wildman–Crippen LogP) is 4.40. The number of imidazole rings is 1. The lowest BCUT2D eigenvalue weighted by atomic mass is 10.3. The van der Waals surface area contributed by atoms with Crippen LogP contribution in [0.3, 0.4) is 0 Å². The van der Waals surface area contributed by atoms with Gasteiger partial charge in [0.1, 0.15) is 11.2 Å². The molecule has 0 amide bonds. The molecular formula is C15H8Cl2F3N3O2S. The first kappa shape index (κ1) is 18.6. The summed E-state index contributed by atoms with van der Waals surface area (Å²) < 4.78 is 67.9. The normalized spacial score (nSPS) is 11.6. The van der Waals surface area contributed by atoms with Gasteiger partial charge in [-0.05, 0) is 36.4 Å². The Morgan fingerprint density at radius 2 is 1.62 bits per heavy atom. The lowest BCUT2D eigenvalue weighted by Gasteiger charge is -2.10. The van der Waals surface area contributed by atoms with Gasteiger partial charge >= 0.3 is 0 Å². The number of hydrogen-bond donors (Lipinski definition) is 1. The van der Waals surface area contributed by atoms with E-state index in [1.165, 1.54) is 35.2 Å². The summed E-state index contributed by atoms with van der Waals surface area (Å²) in [6.07, 6.45) is 1.38. The fourth-order valence-corrected chi connectivity index (χ4v) is 3.56. The summed E-state index contributed by atoms with van der Waals surface area (Å²) in [4.78, 5) is 2.81. The molecule has 0 aliphatic rings. The number of halogens is 5. The van der Waals surface area contributed by atoms with E-state index in [9.17, 15) is 21.6 Å². The number of rotatable bonds is 4. The Bertz CT molecular complexity index is 1090. The second-order valence-corrected chi connectivity index (χ2v) is 7.39. The van der Waals surface area contributed by atoms with E-state index < -0.39 is 32.4 Å². The van der Waals surface area contributed by atoms with Crippen molar-refractivity contribution >= 4 is 38.9 Å². The molecule has 0 unspecified atom stereocenters. The van der Waals surface area contributed by atoms with Crippen LogP contribution in [0, 0.1) is 17.5 Å². The van der Waals surface area contributed by atoms with Crippen LogP contribution in [-0.2, 0) is 10.0 Å². The molecule has 1 N–H and O–H groups in total. The molecule has 1 heterocycles. The fourth-order valence-electron chi connectivity index (χ4n) is 2.11. The van der Waals surface area contributed by atoms with E-state index in [1.54, 1.807) is 0 Å². The van der Waals surface area contributed by atoms with Crippen LogP contribution in [-0.4, -0.2) is 18.0 Å². The van der Waals surface area contributed by atoms with Crippen LogP contribution in [0.25, 0.3) is 5.69 Å². The SMILES string of the molecule is O=S(=O)(Nc1ccc(-n2cnc(Cl)c2Cl)cc1)c1ccc(F)c(F)c1F. The second-order valence-electron chi connectivity index (χ2n) is 5.02. The minimum absolute atomic E-state index is 0.0696. The van der Waals surface area contributed by atoms with Gasteiger partial charge in [0.2, 0.25) is 0 Å². The van der Waals surface area contributed by atoms with Crippen molar-refractivity contribution in [2.24, 2.45) is 0 Å². The van der Waals surface area contributed by atoms with Crippen molar-refractivity contribution in [3.8, 4) is 5.69 Å². The van der Waals surface area contributed by atoms with E-state index in [1.807, 2.05) is 0 Å². The first-order valence-corrected chi connectivity index (χ1v) is 9.09. The molecule has 0 aliphatic heterocycles. The van der Waals surface area contributed by atoms with Crippen molar-refractivity contribution in [2.45, 2.75) is 4.90 Å². The summed E-state index contributed by atoms with van der Waals surface area (Å²) in [6.45, 7) is 0. The molecule has 0 atom stereocenters. The summed E-state index contributed by atoms with van der Waals surface area (Å²) in [5.74, 6) is -5.15.